The number of rotatable bonds is 3. The molecule has 0 heterocycles. The molecular weight excluding hydrogens is 208 g/mol. The summed E-state index contributed by atoms with van der Waals surface area (Å²) in [4.78, 5) is 11.8. The smallest absolute Gasteiger partial charge is 0.161 e. The first-order chi connectivity index (χ1) is 7.89. The lowest BCUT2D eigenvalue weighted by molar-refractivity contribution is -0.121. The molecule has 0 spiro atoms. The molecule has 0 fully saturated rings. The second-order valence-corrected chi connectivity index (χ2v) is 5.25. The minimum atomic E-state index is -0.304. The SMILES string of the molecule is CC(/C=C/c1ccccc1)=C\C(=O)C(C)(C)C. The van der Waals surface area contributed by atoms with Gasteiger partial charge in [0.15, 0.2) is 5.78 Å². The molecule has 0 saturated heterocycles. The first-order valence-corrected chi connectivity index (χ1v) is 5.85. The highest BCUT2D eigenvalue weighted by atomic mass is 16.1. The maximum absolute atomic E-state index is 11.8. The third-order valence-electron chi connectivity index (χ3n) is 2.44. The molecule has 1 aromatic rings. The van der Waals surface area contributed by atoms with E-state index in [2.05, 4.69) is 0 Å². The maximum Gasteiger partial charge on any atom is 0.161 e. The molecule has 90 valence electrons. The van der Waals surface area contributed by atoms with Gasteiger partial charge in [0.2, 0.25) is 0 Å². The fourth-order valence-corrected chi connectivity index (χ4v) is 1.26. The van der Waals surface area contributed by atoms with Gasteiger partial charge >= 0.3 is 0 Å². The number of hydrogen-bond acceptors (Lipinski definition) is 1. The Bertz CT molecular complexity index is 430. The molecule has 0 amide bonds. The molecule has 0 atom stereocenters. The maximum atomic E-state index is 11.8. The van der Waals surface area contributed by atoms with Crippen LogP contribution < -0.4 is 0 Å². The van der Waals surface area contributed by atoms with Gasteiger partial charge in [-0.3, -0.25) is 4.79 Å². The predicted octanol–water partition coefficient (Wildman–Crippen LogP) is 4.26. The van der Waals surface area contributed by atoms with Crippen LogP contribution >= 0.6 is 0 Å². The summed E-state index contributed by atoms with van der Waals surface area (Å²) >= 11 is 0. The summed E-state index contributed by atoms with van der Waals surface area (Å²) in [6, 6.07) is 10.1. The van der Waals surface area contributed by atoms with Crippen molar-refractivity contribution in [1.29, 1.82) is 0 Å². The van der Waals surface area contributed by atoms with Crippen LogP contribution in [0.5, 0.6) is 0 Å². The van der Waals surface area contributed by atoms with Gasteiger partial charge in [-0.25, -0.2) is 0 Å². The highest BCUT2D eigenvalue weighted by Gasteiger charge is 2.18. The molecule has 0 aliphatic rings. The molecule has 0 saturated carbocycles. The van der Waals surface area contributed by atoms with Crippen molar-refractivity contribution < 1.29 is 4.79 Å². The number of carbonyl (C=O) groups excluding carboxylic acids is 1. The Morgan fingerprint density at radius 3 is 2.24 bits per heavy atom. The summed E-state index contributed by atoms with van der Waals surface area (Å²) in [6.45, 7) is 7.74. The van der Waals surface area contributed by atoms with Crippen molar-refractivity contribution in [3.05, 3.63) is 53.6 Å². The van der Waals surface area contributed by atoms with E-state index >= 15 is 0 Å². The van der Waals surface area contributed by atoms with E-state index in [0.717, 1.165) is 11.1 Å². The molecule has 17 heavy (non-hydrogen) atoms. The van der Waals surface area contributed by atoms with Gasteiger partial charge in [-0.2, -0.15) is 0 Å². The summed E-state index contributed by atoms with van der Waals surface area (Å²) in [5.41, 5.74) is 1.82. The van der Waals surface area contributed by atoms with Gasteiger partial charge in [-0.15, -0.1) is 0 Å². The van der Waals surface area contributed by atoms with Crippen LogP contribution in [0.3, 0.4) is 0 Å². The highest BCUT2D eigenvalue weighted by molar-refractivity contribution is 5.94. The van der Waals surface area contributed by atoms with E-state index in [1.165, 1.54) is 0 Å². The third kappa shape index (κ3) is 4.81. The number of carbonyl (C=O) groups is 1. The van der Waals surface area contributed by atoms with Crippen molar-refractivity contribution in [2.75, 3.05) is 0 Å². The zero-order valence-corrected chi connectivity index (χ0v) is 11.0. The molecule has 1 aromatic carbocycles. The van der Waals surface area contributed by atoms with Crippen molar-refractivity contribution in [3.63, 3.8) is 0 Å². The zero-order chi connectivity index (χ0) is 12.9. The summed E-state index contributed by atoms with van der Waals surface area (Å²) in [5.74, 6) is 0.160. The number of allylic oxidation sites excluding steroid dienone is 3. The second-order valence-electron chi connectivity index (χ2n) is 5.25. The summed E-state index contributed by atoms with van der Waals surface area (Å²) in [7, 11) is 0. The van der Waals surface area contributed by atoms with Crippen LogP contribution in [0.15, 0.2) is 48.1 Å². The molecule has 0 radical (unpaired) electrons. The number of benzene rings is 1. The number of ketones is 1. The lowest BCUT2D eigenvalue weighted by Gasteiger charge is -2.13. The van der Waals surface area contributed by atoms with Crippen LogP contribution in [0.2, 0.25) is 0 Å². The van der Waals surface area contributed by atoms with Gasteiger partial charge < -0.3 is 0 Å². The van der Waals surface area contributed by atoms with Crippen molar-refractivity contribution in [2.24, 2.45) is 5.41 Å². The molecule has 0 aromatic heterocycles. The quantitative estimate of drug-likeness (QED) is 0.558. The standard InChI is InChI=1S/C16H20O/c1-13(12-15(17)16(2,3)4)10-11-14-8-6-5-7-9-14/h5-12H,1-4H3/b11-10+,13-12+. The fraction of sp³-hybridized carbons (Fsp3) is 0.312. The minimum Gasteiger partial charge on any atom is -0.294 e. The van der Waals surface area contributed by atoms with Crippen LogP contribution in [0.1, 0.15) is 33.3 Å². The highest BCUT2D eigenvalue weighted by Crippen LogP contribution is 2.16. The van der Waals surface area contributed by atoms with Crippen LogP contribution in [0.4, 0.5) is 0 Å². The molecule has 0 bridgehead atoms. The van der Waals surface area contributed by atoms with Gasteiger partial charge in [0.25, 0.3) is 0 Å². The van der Waals surface area contributed by atoms with Crippen molar-refractivity contribution in [2.45, 2.75) is 27.7 Å². The van der Waals surface area contributed by atoms with E-state index in [-0.39, 0.29) is 11.2 Å². The van der Waals surface area contributed by atoms with Gasteiger partial charge in [-0.05, 0) is 24.1 Å². The molecule has 0 unspecified atom stereocenters. The Balaban J connectivity index is 2.73. The fourth-order valence-electron chi connectivity index (χ4n) is 1.26. The van der Waals surface area contributed by atoms with Gasteiger partial charge in [0.1, 0.15) is 0 Å². The summed E-state index contributed by atoms with van der Waals surface area (Å²) in [6.07, 6.45) is 5.69. The van der Waals surface area contributed by atoms with E-state index in [1.54, 1.807) is 6.08 Å². The minimum absolute atomic E-state index is 0.160. The van der Waals surface area contributed by atoms with Crippen molar-refractivity contribution >= 4 is 11.9 Å². The largest absolute Gasteiger partial charge is 0.294 e. The van der Waals surface area contributed by atoms with Gasteiger partial charge in [0, 0.05) is 5.41 Å². The summed E-state index contributed by atoms with van der Waals surface area (Å²) < 4.78 is 0. The van der Waals surface area contributed by atoms with E-state index < -0.39 is 0 Å². The van der Waals surface area contributed by atoms with Crippen LogP contribution in [0, 0.1) is 5.41 Å². The average molecular weight is 228 g/mol. The van der Waals surface area contributed by atoms with Crippen molar-refractivity contribution in [1.82, 2.24) is 0 Å². The van der Waals surface area contributed by atoms with E-state index in [1.807, 2.05) is 70.2 Å². The first-order valence-electron chi connectivity index (χ1n) is 5.85. The molecule has 0 aliphatic carbocycles. The number of hydrogen-bond donors (Lipinski definition) is 0. The van der Waals surface area contributed by atoms with Gasteiger partial charge in [-0.1, -0.05) is 63.3 Å². The van der Waals surface area contributed by atoms with Crippen molar-refractivity contribution in [3.8, 4) is 0 Å². The first kappa shape index (κ1) is 13.4. The topological polar surface area (TPSA) is 17.1 Å². The monoisotopic (exact) mass is 228 g/mol. The van der Waals surface area contributed by atoms with E-state index in [4.69, 9.17) is 0 Å². The van der Waals surface area contributed by atoms with Gasteiger partial charge in [0.05, 0.1) is 0 Å². The van der Waals surface area contributed by atoms with E-state index in [9.17, 15) is 4.79 Å². The molecule has 0 N–H and O–H groups in total. The lowest BCUT2D eigenvalue weighted by atomic mass is 9.90. The normalized spacial score (nSPS) is 13.1. The third-order valence-corrected chi connectivity index (χ3v) is 2.44. The molecule has 0 aliphatic heterocycles. The van der Waals surface area contributed by atoms with Crippen LogP contribution in [-0.2, 0) is 4.79 Å². The molecular formula is C16H20O. The van der Waals surface area contributed by atoms with E-state index in [0.29, 0.717) is 0 Å². The Morgan fingerprint density at radius 2 is 1.71 bits per heavy atom. The molecule has 1 heteroatoms. The molecule has 1 rings (SSSR count). The second kappa shape index (κ2) is 5.62. The zero-order valence-electron chi connectivity index (χ0n) is 11.0. The Morgan fingerprint density at radius 1 is 1.12 bits per heavy atom. The Hall–Kier alpha value is -1.63. The van der Waals surface area contributed by atoms with Crippen LogP contribution in [-0.4, -0.2) is 5.78 Å². The molecule has 1 nitrogen and oxygen atoms in total. The lowest BCUT2D eigenvalue weighted by Crippen LogP contribution is -2.17. The Kier molecular flexibility index (Phi) is 4.45. The average Bonchev–Trinajstić information content (AvgIpc) is 2.26. The Labute approximate surface area is 104 Å². The predicted molar refractivity (Wildman–Crippen MR) is 73.7 cm³/mol. The van der Waals surface area contributed by atoms with Crippen LogP contribution in [0.25, 0.3) is 6.08 Å². The summed E-state index contributed by atoms with van der Waals surface area (Å²) in [5, 5.41) is 0.